The van der Waals surface area contributed by atoms with Gasteiger partial charge in [0.2, 0.25) is 0 Å². The predicted octanol–water partition coefficient (Wildman–Crippen LogP) is 1.70. The van der Waals surface area contributed by atoms with Crippen LogP contribution in [-0.4, -0.2) is 22.0 Å². The SMILES string of the molecule is CCn1c(CC(NN)C(F)F)nc2ccccc21. The number of halogens is 2. The van der Waals surface area contributed by atoms with Gasteiger partial charge in [-0.25, -0.2) is 13.8 Å². The quantitative estimate of drug-likeness (QED) is 0.630. The highest BCUT2D eigenvalue weighted by Gasteiger charge is 2.22. The van der Waals surface area contributed by atoms with Crippen LogP contribution >= 0.6 is 0 Å². The fraction of sp³-hybridized carbons (Fsp3) is 0.417. The van der Waals surface area contributed by atoms with Gasteiger partial charge in [-0.3, -0.25) is 11.3 Å². The largest absolute Gasteiger partial charge is 0.328 e. The van der Waals surface area contributed by atoms with E-state index in [0.29, 0.717) is 12.4 Å². The van der Waals surface area contributed by atoms with Crippen molar-refractivity contribution in [3.63, 3.8) is 0 Å². The van der Waals surface area contributed by atoms with Gasteiger partial charge in [-0.05, 0) is 19.1 Å². The third-order valence-corrected chi connectivity index (χ3v) is 2.97. The summed E-state index contributed by atoms with van der Waals surface area (Å²) in [7, 11) is 0. The molecule has 0 aliphatic heterocycles. The maximum Gasteiger partial charge on any atom is 0.255 e. The van der Waals surface area contributed by atoms with Crippen molar-refractivity contribution in [2.45, 2.75) is 32.4 Å². The topological polar surface area (TPSA) is 55.9 Å². The molecule has 2 aromatic rings. The fourth-order valence-electron chi connectivity index (χ4n) is 2.05. The van der Waals surface area contributed by atoms with Crippen LogP contribution in [0.4, 0.5) is 8.78 Å². The molecule has 1 atom stereocenters. The van der Waals surface area contributed by atoms with Crippen molar-refractivity contribution >= 4 is 11.0 Å². The molecule has 0 amide bonds. The van der Waals surface area contributed by atoms with Gasteiger partial charge in [-0.15, -0.1) is 0 Å². The molecule has 1 unspecified atom stereocenters. The Balaban J connectivity index is 2.38. The lowest BCUT2D eigenvalue weighted by molar-refractivity contribution is 0.0971. The highest BCUT2D eigenvalue weighted by atomic mass is 19.3. The number of benzene rings is 1. The first-order valence-corrected chi connectivity index (χ1v) is 5.85. The summed E-state index contributed by atoms with van der Waals surface area (Å²) in [6.07, 6.45) is -2.41. The number of nitrogens with zero attached hydrogens (tertiary/aromatic N) is 2. The summed E-state index contributed by atoms with van der Waals surface area (Å²) in [5.41, 5.74) is 3.92. The summed E-state index contributed by atoms with van der Waals surface area (Å²) in [6.45, 7) is 2.65. The second-order valence-corrected chi connectivity index (χ2v) is 4.07. The number of nitrogens with two attached hydrogens (primary N) is 1. The number of hydrogen-bond donors (Lipinski definition) is 2. The standard InChI is InChI=1S/C12H16F2N4/c1-2-18-10-6-4-3-5-8(10)16-11(18)7-9(17-15)12(13)14/h3-6,9,12,17H,2,7,15H2,1H3. The first-order valence-electron chi connectivity index (χ1n) is 5.85. The Morgan fingerprint density at radius 1 is 1.39 bits per heavy atom. The first-order chi connectivity index (χ1) is 8.67. The van der Waals surface area contributed by atoms with Crippen LogP contribution < -0.4 is 11.3 Å². The van der Waals surface area contributed by atoms with E-state index < -0.39 is 12.5 Å². The van der Waals surface area contributed by atoms with Crippen molar-refractivity contribution in [2.24, 2.45) is 5.84 Å². The molecule has 1 heterocycles. The highest BCUT2D eigenvalue weighted by molar-refractivity contribution is 5.75. The third-order valence-electron chi connectivity index (χ3n) is 2.97. The van der Waals surface area contributed by atoms with Crippen LogP contribution in [0.2, 0.25) is 0 Å². The van der Waals surface area contributed by atoms with Crippen LogP contribution in [0, 0.1) is 0 Å². The Morgan fingerprint density at radius 3 is 2.72 bits per heavy atom. The third kappa shape index (κ3) is 2.34. The molecule has 0 saturated heterocycles. The number of aromatic nitrogens is 2. The van der Waals surface area contributed by atoms with E-state index in [1.54, 1.807) is 0 Å². The van der Waals surface area contributed by atoms with Gasteiger partial charge in [0.1, 0.15) is 5.82 Å². The van der Waals surface area contributed by atoms with E-state index in [1.165, 1.54) is 0 Å². The van der Waals surface area contributed by atoms with E-state index in [0.717, 1.165) is 11.0 Å². The van der Waals surface area contributed by atoms with Gasteiger partial charge in [-0.1, -0.05) is 12.1 Å². The number of fused-ring (bicyclic) bond motifs is 1. The van der Waals surface area contributed by atoms with Gasteiger partial charge in [-0.2, -0.15) is 0 Å². The number of hydrazine groups is 1. The summed E-state index contributed by atoms with van der Waals surface area (Å²) < 4.78 is 27.3. The number of imidazole rings is 1. The average Bonchev–Trinajstić information content (AvgIpc) is 2.72. The zero-order chi connectivity index (χ0) is 13.1. The Labute approximate surface area is 104 Å². The van der Waals surface area contributed by atoms with Crippen LogP contribution in [0.25, 0.3) is 11.0 Å². The lowest BCUT2D eigenvalue weighted by Gasteiger charge is -2.15. The molecule has 0 radical (unpaired) electrons. The van der Waals surface area contributed by atoms with Crippen molar-refractivity contribution in [3.8, 4) is 0 Å². The van der Waals surface area contributed by atoms with Crippen LogP contribution in [0.1, 0.15) is 12.7 Å². The summed E-state index contributed by atoms with van der Waals surface area (Å²) in [6, 6.07) is 6.52. The number of alkyl halides is 2. The maximum atomic E-state index is 12.7. The Hall–Kier alpha value is -1.53. The molecule has 1 aromatic heterocycles. The number of hydrogen-bond acceptors (Lipinski definition) is 3. The molecule has 2 rings (SSSR count). The van der Waals surface area contributed by atoms with Crippen LogP contribution in [0.15, 0.2) is 24.3 Å². The van der Waals surface area contributed by atoms with Crippen molar-refractivity contribution in [1.29, 1.82) is 0 Å². The normalized spacial score (nSPS) is 13.4. The number of para-hydroxylation sites is 2. The summed E-state index contributed by atoms with van der Waals surface area (Å²) in [5.74, 6) is 5.77. The van der Waals surface area contributed by atoms with E-state index in [1.807, 2.05) is 35.8 Å². The van der Waals surface area contributed by atoms with Crippen LogP contribution in [0.5, 0.6) is 0 Å². The highest BCUT2D eigenvalue weighted by Crippen LogP contribution is 2.18. The summed E-state index contributed by atoms with van der Waals surface area (Å²) >= 11 is 0. The molecule has 6 heteroatoms. The van der Waals surface area contributed by atoms with Gasteiger partial charge in [0, 0.05) is 13.0 Å². The maximum absolute atomic E-state index is 12.7. The van der Waals surface area contributed by atoms with Crippen molar-refractivity contribution < 1.29 is 8.78 Å². The number of nitrogens with one attached hydrogen (secondary N) is 1. The van der Waals surface area contributed by atoms with E-state index in [-0.39, 0.29) is 6.42 Å². The van der Waals surface area contributed by atoms with Gasteiger partial charge in [0.05, 0.1) is 17.1 Å². The van der Waals surface area contributed by atoms with Crippen molar-refractivity contribution in [3.05, 3.63) is 30.1 Å². The molecule has 18 heavy (non-hydrogen) atoms. The predicted molar refractivity (Wildman–Crippen MR) is 66.2 cm³/mol. The lowest BCUT2D eigenvalue weighted by Crippen LogP contribution is -2.42. The molecular formula is C12H16F2N4. The Morgan fingerprint density at radius 2 is 2.11 bits per heavy atom. The second kappa shape index (κ2) is 5.41. The minimum absolute atomic E-state index is 0.108. The minimum atomic E-state index is -2.51. The molecule has 1 aromatic carbocycles. The van der Waals surface area contributed by atoms with Crippen molar-refractivity contribution in [2.75, 3.05) is 0 Å². The number of aryl methyl sites for hydroxylation is 1. The molecule has 98 valence electrons. The van der Waals surface area contributed by atoms with Gasteiger partial charge in [0.25, 0.3) is 6.43 Å². The van der Waals surface area contributed by atoms with Gasteiger partial charge in [0.15, 0.2) is 0 Å². The summed E-state index contributed by atoms with van der Waals surface area (Å²) in [4.78, 5) is 4.39. The molecule has 0 spiro atoms. The minimum Gasteiger partial charge on any atom is -0.328 e. The molecule has 0 aliphatic carbocycles. The van der Waals surface area contributed by atoms with Gasteiger partial charge < -0.3 is 4.57 Å². The number of rotatable bonds is 5. The zero-order valence-corrected chi connectivity index (χ0v) is 10.1. The Kier molecular flexibility index (Phi) is 3.88. The first kappa shape index (κ1) is 12.9. The van der Waals surface area contributed by atoms with Gasteiger partial charge >= 0.3 is 0 Å². The summed E-state index contributed by atoms with van der Waals surface area (Å²) in [5, 5.41) is 0. The second-order valence-electron chi connectivity index (χ2n) is 4.07. The van der Waals surface area contributed by atoms with E-state index >= 15 is 0 Å². The molecule has 3 N–H and O–H groups in total. The zero-order valence-electron chi connectivity index (χ0n) is 10.1. The van der Waals surface area contributed by atoms with E-state index in [9.17, 15) is 8.78 Å². The monoisotopic (exact) mass is 254 g/mol. The lowest BCUT2D eigenvalue weighted by atomic mass is 10.2. The average molecular weight is 254 g/mol. The molecule has 4 nitrogen and oxygen atoms in total. The van der Waals surface area contributed by atoms with Crippen molar-refractivity contribution in [1.82, 2.24) is 15.0 Å². The molecule has 0 aliphatic rings. The van der Waals surface area contributed by atoms with Crippen LogP contribution in [0.3, 0.4) is 0 Å². The molecule has 0 saturated carbocycles. The smallest absolute Gasteiger partial charge is 0.255 e. The van der Waals surface area contributed by atoms with E-state index in [4.69, 9.17) is 5.84 Å². The molecule has 0 fully saturated rings. The molecule has 0 bridgehead atoms. The molecular weight excluding hydrogens is 238 g/mol. The fourth-order valence-corrected chi connectivity index (χ4v) is 2.05. The Bertz CT molecular complexity index is 524. The van der Waals surface area contributed by atoms with E-state index in [2.05, 4.69) is 10.4 Å². The van der Waals surface area contributed by atoms with Crippen LogP contribution in [-0.2, 0) is 13.0 Å².